The summed E-state index contributed by atoms with van der Waals surface area (Å²) in [6.07, 6.45) is 7.32. The first-order valence-corrected chi connectivity index (χ1v) is 7.09. The molecule has 1 N–H and O–H groups in total. The number of hydrogen-bond acceptors (Lipinski definition) is 2. The van der Waals surface area contributed by atoms with Crippen molar-refractivity contribution in [1.29, 1.82) is 0 Å². The van der Waals surface area contributed by atoms with Gasteiger partial charge in [0.05, 0.1) is 6.20 Å². The highest BCUT2D eigenvalue weighted by atomic mass is 35.5. The average molecular weight is 276 g/mol. The molecule has 3 nitrogen and oxygen atoms in total. The van der Waals surface area contributed by atoms with Crippen LogP contribution in [0.15, 0.2) is 30.6 Å². The number of nitrogens with one attached hydrogen (secondary N) is 1. The molecule has 1 aromatic carbocycles. The second-order valence-corrected chi connectivity index (χ2v) is 5.60. The van der Waals surface area contributed by atoms with Crippen molar-refractivity contribution in [1.82, 2.24) is 15.1 Å². The number of hydrogen-bond donors (Lipinski definition) is 1. The van der Waals surface area contributed by atoms with Gasteiger partial charge in [-0.3, -0.25) is 4.68 Å². The van der Waals surface area contributed by atoms with Crippen molar-refractivity contribution in [3.63, 3.8) is 0 Å². The molecule has 1 heterocycles. The lowest BCUT2D eigenvalue weighted by Gasteiger charge is -2.13. The maximum Gasteiger partial charge on any atom is 0.0522 e. The first kappa shape index (κ1) is 12.7. The molecule has 0 radical (unpaired) electrons. The Kier molecular flexibility index (Phi) is 3.58. The molecule has 0 saturated heterocycles. The van der Waals surface area contributed by atoms with Crippen molar-refractivity contribution in [2.45, 2.75) is 25.3 Å². The van der Waals surface area contributed by atoms with Gasteiger partial charge < -0.3 is 5.32 Å². The normalized spacial score (nSPS) is 17.7. The van der Waals surface area contributed by atoms with Gasteiger partial charge in [-0.2, -0.15) is 5.10 Å². The van der Waals surface area contributed by atoms with E-state index in [1.165, 1.54) is 23.1 Å². The standard InChI is InChI=1S/C15H18ClN3/c1-19-10-11(9-18-19)6-7-17-15-5-2-12-8-13(16)3-4-14(12)15/h3-4,8-10,15,17H,2,5-7H2,1H3. The van der Waals surface area contributed by atoms with Gasteiger partial charge in [0, 0.05) is 24.3 Å². The van der Waals surface area contributed by atoms with Gasteiger partial charge in [-0.1, -0.05) is 17.7 Å². The zero-order valence-corrected chi connectivity index (χ0v) is 11.8. The molecule has 0 aliphatic heterocycles. The first-order chi connectivity index (χ1) is 9.22. The van der Waals surface area contributed by atoms with Gasteiger partial charge >= 0.3 is 0 Å². The van der Waals surface area contributed by atoms with E-state index in [9.17, 15) is 0 Å². The number of rotatable bonds is 4. The van der Waals surface area contributed by atoms with E-state index < -0.39 is 0 Å². The minimum atomic E-state index is 0.476. The monoisotopic (exact) mass is 275 g/mol. The highest BCUT2D eigenvalue weighted by Crippen LogP contribution is 2.32. The number of fused-ring (bicyclic) bond motifs is 1. The maximum atomic E-state index is 6.03. The Hall–Kier alpha value is -1.32. The Bertz CT molecular complexity index is 577. The molecule has 0 saturated carbocycles. The van der Waals surface area contributed by atoms with Crippen LogP contribution >= 0.6 is 11.6 Å². The third-order valence-electron chi connectivity index (χ3n) is 3.75. The third kappa shape index (κ3) is 2.82. The van der Waals surface area contributed by atoms with Crippen LogP contribution in [0.5, 0.6) is 0 Å². The van der Waals surface area contributed by atoms with Gasteiger partial charge in [-0.25, -0.2) is 0 Å². The van der Waals surface area contributed by atoms with E-state index in [-0.39, 0.29) is 0 Å². The Morgan fingerprint density at radius 3 is 3.16 bits per heavy atom. The van der Waals surface area contributed by atoms with E-state index in [1.54, 1.807) is 0 Å². The summed E-state index contributed by atoms with van der Waals surface area (Å²) in [5, 5.41) is 8.66. The molecule has 0 spiro atoms. The molecule has 0 amide bonds. The Morgan fingerprint density at radius 2 is 2.37 bits per heavy atom. The summed E-state index contributed by atoms with van der Waals surface area (Å²) in [5.41, 5.74) is 4.09. The Labute approximate surface area is 118 Å². The average Bonchev–Trinajstić information content (AvgIpc) is 2.96. The molecular weight excluding hydrogens is 258 g/mol. The van der Waals surface area contributed by atoms with E-state index in [1.807, 2.05) is 24.0 Å². The summed E-state index contributed by atoms with van der Waals surface area (Å²) in [6, 6.07) is 6.72. The smallest absolute Gasteiger partial charge is 0.0522 e. The lowest BCUT2D eigenvalue weighted by atomic mass is 10.1. The lowest BCUT2D eigenvalue weighted by Crippen LogP contribution is -2.21. The highest BCUT2D eigenvalue weighted by molar-refractivity contribution is 6.30. The zero-order valence-electron chi connectivity index (χ0n) is 11.1. The minimum absolute atomic E-state index is 0.476. The summed E-state index contributed by atoms with van der Waals surface area (Å²) in [7, 11) is 1.95. The molecule has 3 rings (SSSR count). The molecule has 2 aromatic rings. The molecule has 1 unspecified atom stereocenters. The van der Waals surface area contributed by atoms with Crippen LogP contribution in [-0.4, -0.2) is 16.3 Å². The van der Waals surface area contributed by atoms with Crippen molar-refractivity contribution in [3.05, 3.63) is 52.3 Å². The fourth-order valence-electron chi connectivity index (χ4n) is 2.79. The van der Waals surface area contributed by atoms with Gasteiger partial charge in [0.15, 0.2) is 0 Å². The molecule has 0 bridgehead atoms. The molecule has 1 aromatic heterocycles. The predicted molar refractivity (Wildman–Crippen MR) is 77.4 cm³/mol. The summed E-state index contributed by atoms with van der Waals surface area (Å²) in [5.74, 6) is 0. The highest BCUT2D eigenvalue weighted by Gasteiger charge is 2.21. The van der Waals surface area contributed by atoms with Crippen LogP contribution in [0.1, 0.15) is 29.2 Å². The second kappa shape index (κ2) is 5.35. The Morgan fingerprint density at radius 1 is 1.47 bits per heavy atom. The van der Waals surface area contributed by atoms with Crippen LogP contribution in [-0.2, 0) is 19.9 Å². The number of aromatic nitrogens is 2. The molecule has 100 valence electrons. The van der Waals surface area contributed by atoms with E-state index in [0.29, 0.717) is 6.04 Å². The van der Waals surface area contributed by atoms with Crippen molar-refractivity contribution >= 4 is 11.6 Å². The summed E-state index contributed by atoms with van der Waals surface area (Å²) in [4.78, 5) is 0. The third-order valence-corrected chi connectivity index (χ3v) is 3.98. The molecule has 4 heteroatoms. The van der Waals surface area contributed by atoms with Crippen LogP contribution in [0.3, 0.4) is 0 Å². The number of benzene rings is 1. The van der Waals surface area contributed by atoms with Crippen LogP contribution in [0.4, 0.5) is 0 Å². The summed E-state index contributed by atoms with van der Waals surface area (Å²) >= 11 is 6.03. The van der Waals surface area contributed by atoms with Gasteiger partial charge in [-0.05, 0) is 54.6 Å². The number of nitrogens with zero attached hydrogens (tertiary/aromatic N) is 2. The minimum Gasteiger partial charge on any atom is -0.310 e. The van der Waals surface area contributed by atoms with Crippen molar-refractivity contribution in [3.8, 4) is 0 Å². The van der Waals surface area contributed by atoms with Gasteiger partial charge in [0.2, 0.25) is 0 Å². The fourth-order valence-corrected chi connectivity index (χ4v) is 2.98. The van der Waals surface area contributed by atoms with Crippen LogP contribution < -0.4 is 5.32 Å². The Balaban J connectivity index is 1.58. The van der Waals surface area contributed by atoms with Gasteiger partial charge in [-0.15, -0.1) is 0 Å². The molecule has 0 fully saturated rings. The topological polar surface area (TPSA) is 29.9 Å². The van der Waals surface area contributed by atoms with E-state index in [0.717, 1.165) is 24.4 Å². The van der Waals surface area contributed by atoms with Gasteiger partial charge in [0.25, 0.3) is 0 Å². The predicted octanol–water partition coefficient (Wildman–Crippen LogP) is 2.89. The van der Waals surface area contributed by atoms with E-state index in [4.69, 9.17) is 11.6 Å². The van der Waals surface area contributed by atoms with E-state index >= 15 is 0 Å². The van der Waals surface area contributed by atoms with Crippen molar-refractivity contribution in [2.75, 3.05) is 6.54 Å². The number of aryl methyl sites for hydroxylation is 2. The zero-order chi connectivity index (χ0) is 13.2. The second-order valence-electron chi connectivity index (χ2n) is 5.16. The SMILES string of the molecule is Cn1cc(CCNC2CCc3cc(Cl)ccc32)cn1. The largest absolute Gasteiger partial charge is 0.310 e. The van der Waals surface area contributed by atoms with Gasteiger partial charge in [0.1, 0.15) is 0 Å². The van der Waals surface area contributed by atoms with E-state index in [2.05, 4.69) is 28.7 Å². The summed E-state index contributed by atoms with van der Waals surface area (Å²) < 4.78 is 1.85. The molecule has 1 aliphatic rings. The lowest BCUT2D eigenvalue weighted by molar-refractivity contribution is 0.533. The summed E-state index contributed by atoms with van der Waals surface area (Å²) in [6.45, 7) is 0.985. The van der Waals surface area contributed by atoms with Crippen LogP contribution in [0, 0.1) is 0 Å². The van der Waals surface area contributed by atoms with Crippen molar-refractivity contribution in [2.24, 2.45) is 7.05 Å². The molecule has 1 aliphatic carbocycles. The molecular formula is C15H18ClN3. The number of halogens is 1. The van der Waals surface area contributed by atoms with Crippen molar-refractivity contribution < 1.29 is 0 Å². The quantitative estimate of drug-likeness (QED) is 0.930. The maximum absolute atomic E-state index is 6.03. The molecule has 1 atom stereocenters. The van der Waals surface area contributed by atoms with Crippen LogP contribution in [0.25, 0.3) is 0 Å². The van der Waals surface area contributed by atoms with Crippen LogP contribution in [0.2, 0.25) is 5.02 Å². The fraction of sp³-hybridized carbons (Fsp3) is 0.400. The first-order valence-electron chi connectivity index (χ1n) is 6.71. The molecule has 19 heavy (non-hydrogen) atoms.